The number of carbonyl (C=O) groups is 1. The Balaban J connectivity index is 3.56. The number of unbranched alkanes of at least 4 members (excludes halogenated alkanes) is 43. The molecule has 0 aliphatic heterocycles. The molecule has 0 fully saturated rings. The quantitative estimate of drug-likeness (QED) is 0.0361. The molecule has 412 valence electrons. The summed E-state index contributed by atoms with van der Waals surface area (Å²) in [6.07, 6.45) is 80.4. The van der Waals surface area contributed by atoms with E-state index in [4.69, 9.17) is 0 Å². The number of hydrogen-bond acceptors (Lipinski definition) is 4. The van der Waals surface area contributed by atoms with Crippen LogP contribution in [0.2, 0.25) is 0 Å². The molecule has 5 heteroatoms. The minimum atomic E-state index is -0.954. The van der Waals surface area contributed by atoms with E-state index in [2.05, 4.69) is 55.6 Å². The second-order valence-corrected chi connectivity index (χ2v) is 21.7. The minimum absolute atomic E-state index is 0.00651. The Morgan fingerprint density at radius 2 is 0.657 bits per heavy atom. The SMILES string of the molecule is CCCCCCCCCCC/C=C\C/C=C\CCCCCCCCCCCCCCCCCC(O)CC(=O)NC(CO)C(O)/C=C/CC/C=C/CCCCCCCCCCCCCCCCCCCC. The molecule has 0 saturated carbocycles. The summed E-state index contributed by atoms with van der Waals surface area (Å²) in [6.45, 7) is 4.24. The molecule has 4 N–H and O–H groups in total. The maximum Gasteiger partial charge on any atom is 0.222 e. The van der Waals surface area contributed by atoms with Crippen LogP contribution in [0.4, 0.5) is 0 Å². The van der Waals surface area contributed by atoms with Crippen molar-refractivity contribution in [2.45, 2.75) is 353 Å². The first-order valence-corrected chi connectivity index (χ1v) is 31.4. The van der Waals surface area contributed by atoms with Crippen molar-refractivity contribution in [2.24, 2.45) is 0 Å². The average Bonchev–Trinajstić information content (AvgIpc) is 3.36. The van der Waals surface area contributed by atoms with Crippen LogP contribution in [0.25, 0.3) is 0 Å². The lowest BCUT2D eigenvalue weighted by atomic mass is 10.0. The van der Waals surface area contributed by atoms with Gasteiger partial charge in [-0.3, -0.25) is 4.79 Å². The monoisotopic (exact) mass is 982 g/mol. The molecule has 0 rings (SSSR count). The molecular formula is C65H123NO4. The Hall–Kier alpha value is -1.69. The van der Waals surface area contributed by atoms with Crippen LogP contribution < -0.4 is 5.32 Å². The fraction of sp³-hybridized carbons (Fsp3) is 0.862. The molecule has 3 atom stereocenters. The Morgan fingerprint density at radius 1 is 0.371 bits per heavy atom. The Kier molecular flexibility index (Phi) is 58.4. The van der Waals surface area contributed by atoms with Crippen LogP contribution in [0, 0.1) is 0 Å². The minimum Gasteiger partial charge on any atom is -0.394 e. The first-order valence-electron chi connectivity index (χ1n) is 31.4. The van der Waals surface area contributed by atoms with Gasteiger partial charge in [0.05, 0.1) is 31.3 Å². The molecule has 70 heavy (non-hydrogen) atoms. The smallest absolute Gasteiger partial charge is 0.222 e. The van der Waals surface area contributed by atoms with Crippen molar-refractivity contribution in [2.75, 3.05) is 6.61 Å². The van der Waals surface area contributed by atoms with Gasteiger partial charge in [0.2, 0.25) is 5.91 Å². The molecule has 0 spiro atoms. The van der Waals surface area contributed by atoms with Crippen molar-refractivity contribution in [3.8, 4) is 0 Å². The van der Waals surface area contributed by atoms with Crippen molar-refractivity contribution >= 4 is 5.91 Å². The van der Waals surface area contributed by atoms with Gasteiger partial charge in [0.25, 0.3) is 0 Å². The fourth-order valence-corrected chi connectivity index (χ4v) is 9.80. The van der Waals surface area contributed by atoms with Gasteiger partial charge < -0.3 is 20.6 Å². The fourth-order valence-electron chi connectivity index (χ4n) is 9.80. The van der Waals surface area contributed by atoms with Gasteiger partial charge in [0.15, 0.2) is 0 Å². The molecule has 0 aromatic carbocycles. The number of hydrogen-bond donors (Lipinski definition) is 4. The van der Waals surface area contributed by atoms with E-state index in [0.29, 0.717) is 6.42 Å². The topological polar surface area (TPSA) is 89.8 Å². The van der Waals surface area contributed by atoms with E-state index >= 15 is 0 Å². The van der Waals surface area contributed by atoms with E-state index in [1.165, 1.54) is 270 Å². The summed E-state index contributed by atoms with van der Waals surface area (Å²) in [5.41, 5.74) is 0. The van der Waals surface area contributed by atoms with Gasteiger partial charge in [-0.05, 0) is 64.2 Å². The molecule has 1 amide bonds. The number of aliphatic hydroxyl groups excluding tert-OH is 3. The van der Waals surface area contributed by atoms with E-state index in [9.17, 15) is 20.1 Å². The molecule has 0 bridgehead atoms. The third kappa shape index (κ3) is 55.6. The van der Waals surface area contributed by atoms with Gasteiger partial charge in [-0.1, -0.05) is 313 Å². The van der Waals surface area contributed by atoms with Crippen LogP contribution >= 0.6 is 0 Å². The molecule has 0 saturated heterocycles. The number of carbonyl (C=O) groups excluding carboxylic acids is 1. The predicted molar refractivity (Wildman–Crippen MR) is 310 cm³/mol. The molecular weight excluding hydrogens is 859 g/mol. The van der Waals surface area contributed by atoms with E-state index in [1.54, 1.807) is 6.08 Å². The van der Waals surface area contributed by atoms with Gasteiger partial charge in [0.1, 0.15) is 0 Å². The van der Waals surface area contributed by atoms with E-state index < -0.39 is 18.2 Å². The summed E-state index contributed by atoms with van der Waals surface area (Å²) in [4.78, 5) is 12.6. The van der Waals surface area contributed by atoms with Gasteiger partial charge >= 0.3 is 0 Å². The molecule has 0 aliphatic rings. The third-order valence-electron chi connectivity index (χ3n) is 14.6. The summed E-state index contributed by atoms with van der Waals surface area (Å²) in [7, 11) is 0. The van der Waals surface area contributed by atoms with Gasteiger partial charge in [0, 0.05) is 0 Å². The van der Waals surface area contributed by atoms with Crippen LogP contribution in [-0.4, -0.2) is 46.1 Å². The van der Waals surface area contributed by atoms with Crippen LogP contribution in [0.15, 0.2) is 48.6 Å². The van der Waals surface area contributed by atoms with E-state index in [-0.39, 0.29) is 18.9 Å². The summed E-state index contributed by atoms with van der Waals surface area (Å²) < 4.78 is 0. The molecule has 0 aromatic heterocycles. The van der Waals surface area contributed by atoms with Crippen LogP contribution in [0.5, 0.6) is 0 Å². The van der Waals surface area contributed by atoms with E-state index in [0.717, 1.165) is 38.5 Å². The lowest BCUT2D eigenvalue weighted by Gasteiger charge is -2.21. The molecule has 0 radical (unpaired) electrons. The zero-order chi connectivity index (χ0) is 50.7. The highest BCUT2D eigenvalue weighted by molar-refractivity contribution is 5.76. The van der Waals surface area contributed by atoms with Crippen molar-refractivity contribution in [1.29, 1.82) is 0 Å². The van der Waals surface area contributed by atoms with Gasteiger partial charge in [-0.15, -0.1) is 0 Å². The van der Waals surface area contributed by atoms with Crippen LogP contribution in [0.1, 0.15) is 335 Å². The molecule has 3 unspecified atom stereocenters. The summed E-state index contributed by atoms with van der Waals surface area (Å²) in [6, 6.07) is -0.763. The lowest BCUT2D eigenvalue weighted by Crippen LogP contribution is -2.45. The first kappa shape index (κ1) is 68.3. The lowest BCUT2D eigenvalue weighted by molar-refractivity contribution is -0.124. The summed E-state index contributed by atoms with van der Waals surface area (Å²) >= 11 is 0. The number of nitrogens with one attached hydrogen (secondary N) is 1. The van der Waals surface area contributed by atoms with Crippen molar-refractivity contribution in [3.05, 3.63) is 48.6 Å². The van der Waals surface area contributed by atoms with E-state index in [1.807, 2.05) is 6.08 Å². The summed E-state index contributed by atoms with van der Waals surface area (Å²) in [5, 5.41) is 33.5. The number of rotatable bonds is 58. The van der Waals surface area contributed by atoms with Gasteiger partial charge in [-0.2, -0.15) is 0 Å². The molecule has 0 heterocycles. The second-order valence-electron chi connectivity index (χ2n) is 21.7. The Bertz CT molecular complexity index is 1130. The zero-order valence-corrected chi connectivity index (χ0v) is 47.2. The highest BCUT2D eigenvalue weighted by atomic mass is 16.3. The predicted octanol–water partition coefficient (Wildman–Crippen LogP) is 20.0. The maximum absolute atomic E-state index is 12.6. The zero-order valence-electron chi connectivity index (χ0n) is 47.2. The maximum atomic E-state index is 12.6. The largest absolute Gasteiger partial charge is 0.394 e. The standard InChI is InChI=1S/C65H123NO4/c1-3-5-7-9-11-13-15-17-19-21-23-25-27-29-30-31-32-33-34-35-36-38-40-42-44-46-48-50-52-54-56-58-62(68)60-65(70)66-63(61-67)64(69)59-57-55-53-51-49-47-45-43-41-39-37-28-26-24-22-20-18-16-14-12-10-8-6-4-2/h23,25,29-30,49,51,57,59,62-64,67-69H,3-22,24,26-28,31-48,50,52-56,58,60-61H2,1-2H3,(H,66,70)/b25-23-,30-29-,51-49+,59-57+. The van der Waals surface area contributed by atoms with Crippen molar-refractivity contribution < 1.29 is 20.1 Å². The highest BCUT2D eigenvalue weighted by Gasteiger charge is 2.20. The van der Waals surface area contributed by atoms with Crippen molar-refractivity contribution in [3.63, 3.8) is 0 Å². The number of amides is 1. The van der Waals surface area contributed by atoms with Crippen molar-refractivity contribution in [1.82, 2.24) is 5.32 Å². The third-order valence-corrected chi connectivity index (χ3v) is 14.6. The molecule has 5 nitrogen and oxygen atoms in total. The Labute approximate surface area is 437 Å². The first-order chi connectivity index (χ1) is 34.5. The van der Waals surface area contributed by atoms with Crippen LogP contribution in [-0.2, 0) is 4.79 Å². The highest BCUT2D eigenvalue weighted by Crippen LogP contribution is 2.18. The normalized spacial score (nSPS) is 13.5. The molecule has 0 aromatic rings. The average molecular weight is 983 g/mol. The van der Waals surface area contributed by atoms with Gasteiger partial charge in [-0.25, -0.2) is 0 Å². The molecule has 0 aliphatic carbocycles. The van der Waals surface area contributed by atoms with Crippen LogP contribution in [0.3, 0.4) is 0 Å². The number of aliphatic hydroxyl groups is 3. The Morgan fingerprint density at radius 3 is 1.00 bits per heavy atom. The second kappa shape index (κ2) is 59.9. The summed E-state index contributed by atoms with van der Waals surface area (Å²) in [5.74, 6) is -0.321. The number of allylic oxidation sites excluding steroid dienone is 7.